The molecular weight excluding hydrogens is 511 g/mol. The van der Waals surface area contributed by atoms with E-state index in [1.54, 1.807) is 18.2 Å². The van der Waals surface area contributed by atoms with Crippen molar-refractivity contribution in [2.24, 2.45) is 0 Å². The van der Waals surface area contributed by atoms with Gasteiger partial charge in [0, 0.05) is 43.4 Å². The van der Waals surface area contributed by atoms with Crippen LogP contribution in [-0.2, 0) is 0 Å². The first kappa shape index (κ1) is 25.3. The lowest BCUT2D eigenvalue weighted by atomic mass is 10.2. The van der Waals surface area contributed by atoms with E-state index in [1.807, 2.05) is 0 Å². The second-order valence-corrected chi connectivity index (χ2v) is 8.44. The van der Waals surface area contributed by atoms with Crippen LogP contribution in [0.4, 0.5) is 50.9 Å². The largest absolute Gasteiger partial charge is 0.493 e. The summed E-state index contributed by atoms with van der Waals surface area (Å²) in [5.41, 5.74) is 1.25. The molecular formula is C24H21F5N8O. The highest BCUT2D eigenvalue weighted by Crippen LogP contribution is 2.32. The van der Waals surface area contributed by atoms with Gasteiger partial charge in [0.2, 0.25) is 5.95 Å². The molecule has 1 aromatic carbocycles. The summed E-state index contributed by atoms with van der Waals surface area (Å²) in [4.78, 5) is 18.5. The first-order valence-electron chi connectivity index (χ1n) is 11.4. The molecule has 3 N–H and O–H groups in total. The van der Waals surface area contributed by atoms with Crippen LogP contribution in [-0.4, -0.2) is 58.9 Å². The van der Waals surface area contributed by atoms with Crippen molar-refractivity contribution in [3.63, 3.8) is 0 Å². The molecule has 0 amide bonds. The summed E-state index contributed by atoms with van der Waals surface area (Å²) in [5.74, 6) is -0.773. The van der Waals surface area contributed by atoms with Gasteiger partial charge in [-0.25, -0.2) is 18.7 Å². The third-order valence-electron chi connectivity index (χ3n) is 5.83. The standard InChI is InChI=1S/C24H21F5N8O/c1-38-19-8-15(11-33-22(19)37-5-4-30-20(12-37)24(27,28)29)35-23-31-3-2-21(36-23)34-14-6-13-7-16(25)17(26)9-18(13)32-10-14/h2-3,6-11,20,30H,4-5,12H2,1H3,(H2,31,34,35,36). The number of pyridine rings is 2. The van der Waals surface area contributed by atoms with Gasteiger partial charge in [0.1, 0.15) is 11.9 Å². The summed E-state index contributed by atoms with van der Waals surface area (Å²) in [6.07, 6.45) is 0.0355. The SMILES string of the molecule is COc1cc(Nc2nccc(Nc3cnc4cc(F)c(F)cc4c3)n2)cnc1N1CCNC(C(F)(F)F)C1. The predicted octanol–water partition coefficient (Wildman–Crippen LogP) is 4.53. The smallest absolute Gasteiger partial charge is 0.405 e. The van der Waals surface area contributed by atoms with Gasteiger partial charge >= 0.3 is 6.18 Å². The molecule has 1 aliphatic heterocycles. The van der Waals surface area contributed by atoms with Crippen LogP contribution in [0.15, 0.2) is 48.9 Å². The molecule has 4 aromatic rings. The van der Waals surface area contributed by atoms with Crippen LogP contribution in [0.1, 0.15) is 0 Å². The van der Waals surface area contributed by atoms with E-state index in [2.05, 4.69) is 35.9 Å². The van der Waals surface area contributed by atoms with E-state index in [-0.39, 0.29) is 24.8 Å². The Morgan fingerprint density at radius 2 is 1.76 bits per heavy atom. The van der Waals surface area contributed by atoms with E-state index in [0.29, 0.717) is 40.5 Å². The monoisotopic (exact) mass is 532 g/mol. The molecule has 1 aliphatic rings. The Kier molecular flexibility index (Phi) is 6.80. The van der Waals surface area contributed by atoms with E-state index < -0.39 is 23.9 Å². The number of halogens is 5. The summed E-state index contributed by atoms with van der Waals surface area (Å²) in [6.45, 7) is 0.202. The minimum Gasteiger partial charge on any atom is -0.493 e. The van der Waals surface area contributed by atoms with Crippen molar-refractivity contribution in [2.45, 2.75) is 12.2 Å². The molecule has 4 heterocycles. The third kappa shape index (κ3) is 5.49. The Hall–Kier alpha value is -4.33. The summed E-state index contributed by atoms with van der Waals surface area (Å²) in [5, 5.41) is 8.90. The van der Waals surface area contributed by atoms with Crippen LogP contribution in [0.3, 0.4) is 0 Å². The van der Waals surface area contributed by atoms with Crippen LogP contribution in [0.25, 0.3) is 10.9 Å². The topological polar surface area (TPSA) is 100 Å². The molecule has 1 fully saturated rings. The quantitative estimate of drug-likeness (QED) is 0.309. The molecule has 14 heteroatoms. The number of piperazine rings is 1. The lowest BCUT2D eigenvalue weighted by Gasteiger charge is -2.35. The van der Waals surface area contributed by atoms with Gasteiger partial charge in [0.05, 0.1) is 36.4 Å². The highest BCUT2D eigenvalue weighted by atomic mass is 19.4. The molecule has 198 valence electrons. The van der Waals surface area contributed by atoms with Crippen molar-refractivity contribution in [2.75, 3.05) is 42.3 Å². The summed E-state index contributed by atoms with van der Waals surface area (Å²) in [7, 11) is 1.41. The van der Waals surface area contributed by atoms with E-state index >= 15 is 0 Å². The van der Waals surface area contributed by atoms with Crippen LogP contribution in [0.2, 0.25) is 0 Å². The summed E-state index contributed by atoms with van der Waals surface area (Å²) >= 11 is 0. The number of alkyl halides is 3. The molecule has 3 aromatic heterocycles. The van der Waals surface area contributed by atoms with Crippen molar-refractivity contribution >= 4 is 39.9 Å². The lowest BCUT2D eigenvalue weighted by molar-refractivity contribution is -0.155. The molecule has 1 atom stereocenters. The van der Waals surface area contributed by atoms with Gasteiger partial charge in [-0.3, -0.25) is 4.98 Å². The Balaban J connectivity index is 1.31. The van der Waals surface area contributed by atoms with Crippen molar-refractivity contribution in [1.82, 2.24) is 25.3 Å². The third-order valence-corrected chi connectivity index (χ3v) is 5.83. The summed E-state index contributed by atoms with van der Waals surface area (Å²) in [6, 6.07) is 5.21. The molecule has 0 radical (unpaired) electrons. The average Bonchev–Trinajstić information content (AvgIpc) is 2.89. The van der Waals surface area contributed by atoms with E-state index in [0.717, 1.165) is 12.1 Å². The zero-order valence-corrected chi connectivity index (χ0v) is 19.9. The van der Waals surface area contributed by atoms with Crippen molar-refractivity contribution < 1.29 is 26.7 Å². The number of ether oxygens (including phenoxy) is 1. The van der Waals surface area contributed by atoms with Crippen molar-refractivity contribution in [1.29, 1.82) is 0 Å². The second kappa shape index (κ2) is 10.2. The van der Waals surface area contributed by atoms with Gasteiger partial charge in [-0.2, -0.15) is 18.2 Å². The number of methoxy groups -OCH3 is 1. The van der Waals surface area contributed by atoms with E-state index in [1.165, 1.54) is 30.6 Å². The molecule has 0 aliphatic carbocycles. The van der Waals surface area contributed by atoms with Gasteiger partial charge in [-0.05, 0) is 18.2 Å². The predicted molar refractivity (Wildman–Crippen MR) is 131 cm³/mol. The zero-order valence-electron chi connectivity index (χ0n) is 19.9. The van der Waals surface area contributed by atoms with Crippen molar-refractivity contribution in [3.8, 4) is 5.75 Å². The van der Waals surface area contributed by atoms with Gasteiger partial charge in [0.25, 0.3) is 0 Å². The van der Waals surface area contributed by atoms with Gasteiger partial charge < -0.3 is 25.6 Å². The minimum absolute atomic E-state index is 0.154. The van der Waals surface area contributed by atoms with Crippen LogP contribution in [0.5, 0.6) is 5.75 Å². The number of fused-ring (bicyclic) bond motifs is 1. The normalized spacial score (nSPS) is 15.9. The molecule has 38 heavy (non-hydrogen) atoms. The highest BCUT2D eigenvalue weighted by Gasteiger charge is 2.42. The fraction of sp³-hybridized carbons (Fsp3) is 0.250. The van der Waals surface area contributed by atoms with Crippen LogP contribution < -0.4 is 25.6 Å². The molecule has 9 nitrogen and oxygen atoms in total. The average molecular weight is 532 g/mol. The maximum absolute atomic E-state index is 13.6. The fourth-order valence-corrected chi connectivity index (χ4v) is 4.01. The fourth-order valence-electron chi connectivity index (χ4n) is 4.01. The number of nitrogens with zero attached hydrogens (tertiary/aromatic N) is 5. The first-order chi connectivity index (χ1) is 18.2. The van der Waals surface area contributed by atoms with Crippen LogP contribution in [0, 0.1) is 11.6 Å². The van der Waals surface area contributed by atoms with Crippen LogP contribution >= 0.6 is 0 Å². The van der Waals surface area contributed by atoms with Gasteiger partial charge in [0.15, 0.2) is 23.2 Å². The molecule has 5 rings (SSSR count). The van der Waals surface area contributed by atoms with Gasteiger partial charge in [-0.1, -0.05) is 0 Å². The number of hydrogen-bond donors (Lipinski definition) is 3. The number of rotatable bonds is 6. The number of nitrogens with one attached hydrogen (secondary N) is 3. The first-order valence-corrected chi connectivity index (χ1v) is 11.4. The van der Waals surface area contributed by atoms with Crippen molar-refractivity contribution in [3.05, 3.63) is 60.6 Å². The minimum atomic E-state index is -4.37. The number of benzene rings is 1. The molecule has 0 saturated carbocycles. The molecule has 1 saturated heterocycles. The highest BCUT2D eigenvalue weighted by molar-refractivity contribution is 5.82. The Morgan fingerprint density at radius 3 is 2.55 bits per heavy atom. The zero-order chi connectivity index (χ0) is 26.9. The van der Waals surface area contributed by atoms with Gasteiger partial charge in [-0.15, -0.1) is 0 Å². The number of anilines is 5. The summed E-state index contributed by atoms with van der Waals surface area (Å²) < 4.78 is 72.0. The maximum atomic E-state index is 13.6. The van der Waals surface area contributed by atoms with E-state index in [4.69, 9.17) is 4.74 Å². The van der Waals surface area contributed by atoms with E-state index in [9.17, 15) is 22.0 Å². The maximum Gasteiger partial charge on any atom is 0.405 e. The molecule has 0 bridgehead atoms. The Labute approximate surface area is 213 Å². The molecule has 1 unspecified atom stereocenters. The Morgan fingerprint density at radius 1 is 1.00 bits per heavy atom. The Bertz CT molecular complexity index is 1470. The number of hydrogen-bond acceptors (Lipinski definition) is 9. The molecule has 0 spiro atoms. The lowest BCUT2D eigenvalue weighted by Crippen LogP contribution is -2.57. The second-order valence-electron chi connectivity index (χ2n) is 8.44. The number of aromatic nitrogens is 4.